The number of nitrogens with two attached hydrogens (primary N) is 1. The molecule has 4 N–H and O–H groups in total. The molecule has 3 amide bonds. The molecule has 0 aromatic heterocycles. The van der Waals surface area contributed by atoms with Crippen LogP contribution in [0.25, 0.3) is 0 Å². The Balaban J connectivity index is 1.97. The van der Waals surface area contributed by atoms with E-state index in [2.05, 4.69) is 15.8 Å². The number of ether oxygens (including phenoxy) is 2. The topological polar surface area (TPSA) is 132 Å². The molecule has 0 saturated carbocycles. The lowest BCUT2D eigenvalue weighted by molar-refractivity contribution is -0.136. The second-order valence-corrected chi connectivity index (χ2v) is 5.76. The number of nitrogens with one attached hydrogen (secondary N) is 2. The van der Waals surface area contributed by atoms with Crippen LogP contribution in [-0.2, 0) is 14.4 Å². The summed E-state index contributed by atoms with van der Waals surface area (Å²) in [6, 6.07) is 11.0. The third-order valence-electron chi connectivity index (χ3n) is 3.27. The molecule has 10 heteroatoms. The van der Waals surface area contributed by atoms with Crippen molar-refractivity contribution in [2.24, 2.45) is 10.8 Å². The summed E-state index contributed by atoms with van der Waals surface area (Å²) in [5.74, 6) is -1.64. The molecule has 0 aliphatic carbocycles. The van der Waals surface area contributed by atoms with Crippen LogP contribution in [-0.4, -0.2) is 37.7 Å². The van der Waals surface area contributed by atoms with Gasteiger partial charge in [0.1, 0.15) is 11.5 Å². The summed E-state index contributed by atoms with van der Waals surface area (Å²) in [4.78, 5) is 34.6. The minimum Gasteiger partial charge on any atom is -0.497 e. The molecule has 0 spiro atoms. The van der Waals surface area contributed by atoms with E-state index < -0.39 is 17.7 Å². The molecule has 2 aromatic carbocycles. The van der Waals surface area contributed by atoms with E-state index in [0.29, 0.717) is 22.0 Å². The first-order valence-corrected chi connectivity index (χ1v) is 8.26. The van der Waals surface area contributed by atoms with Gasteiger partial charge in [0.05, 0.1) is 13.3 Å². The van der Waals surface area contributed by atoms with Crippen molar-refractivity contribution in [2.75, 3.05) is 19.0 Å². The van der Waals surface area contributed by atoms with E-state index in [1.54, 1.807) is 30.3 Å². The van der Waals surface area contributed by atoms with Gasteiger partial charge in [0.15, 0.2) is 6.61 Å². The van der Waals surface area contributed by atoms with E-state index in [1.807, 2.05) is 0 Å². The van der Waals surface area contributed by atoms with Crippen LogP contribution in [0.3, 0.4) is 0 Å². The van der Waals surface area contributed by atoms with Gasteiger partial charge < -0.3 is 20.5 Å². The molecule has 146 valence electrons. The quantitative estimate of drug-likeness (QED) is 0.363. The highest BCUT2D eigenvalue weighted by molar-refractivity contribution is 6.39. The molecule has 0 atom stereocenters. The fourth-order valence-electron chi connectivity index (χ4n) is 1.97. The molecule has 0 radical (unpaired) electrons. The maximum atomic E-state index is 11.9. The number of anilines is 1. The molecule has 2 aromatic rings. The highest BCUT2D eigenvalue weighted by Crippen LogP contribution is 2.21. The zero-order valence-corrected chi connectivity index (χ0v) is 15.5. The van der Waals surface area contributed by atoms with Crippen LogP contribution in [0.1, 0.15) is 5.56 Å². The third-order valence-corrected chi connectivity index (χ3v) is 3.50. The Morgan fingerprint density at radius 1 is 1.14 bits per heavy atom. The number of carbonyl (C=O) groups is 3. The molecule has 2 rings (SSSR count). The maximum absolute atomic E-state index is 11.9. The van der Waals surface area contributed by atoms with Crippen molar-refractivity contribution in [3.63, 3.8) is 0 Å². The fourth-order valence-corrected chi connectivity index (χ4v) is 2.15. The Hall–Kier alpha value is -3.59. The lowest BCUT2D eigenvalue weighted by Gasteiger charge is -2.08. The second kappa shape index (κ2) is 9.93. The zero-order chi connectivity index (χ0) is 20.5. The van der Waals surface area contributed by atoms with Gasteiger partial charge in [-0.05, 0) is 42.5 Å². The average Bonchev–Trinajstić information content (AvgIpc) is 2.67. The van der Waals surface area contributed by atoms with Gasteiger partial charge in [-0.15, -0.1) is 0 Å². The number of halogens is 1. The predicted molar refractivity (Wildman–Crippen MR) is 104 cm³/mol. The third kappa shape index (κ3) is 6.29. The lowest BCUT2D eigenvalue weighted by atomic mass is 10.2. The summed E-state index contributed by atoms with van der Waals surface area (Å²) in [6.45, 7) is -0.334. The van der Waals surface area contributed by atoms with Crippen molar-refractivity contribution >= 4 is 41.2 Å². The van der Waals surface area contributed by atoms with E-state index >= 15 is 0 Å². The van der Waals surface area contributed by atoms with Gasteiger partial charge in [-0.25, -0.2) is 5.43 Å². The molecule has 0 saturated heterocycles. The summed E-state index contributed by atoms with van der Waals surface area (Å²) >= 11 is 5.91. The highest BCUT2D eigenvalue weighted by atomic mass is 35.5. The van der Waals surface area contributed by atoms with Crippen molar-refractivity contribution < 1.29 is 23.9 Å². The van der Waals surface area contributed by atoms with Gasteiger partial charge in [-0.1, -0.05) is 11.6 Å². The first kappa shape index (κ1) is 20.7. The Labute approximate surface area is 165 Å². The molecule has 0 heterocycles. The summed E-state index contributed by atoms with van der Waals surface area (Å²) in [6.07, 6.45) is 1.22. The number of carbonyl (C=O) groups excluding carboxylic acids is 3. The Morgan fingerprint density at radius 2 is 1.86 bits per heavy atom. The summed E-state index contributed by atoms with van der Waals surface area (Å²) in [5.41, 5.74) is 7.93. The van der Waals surface area contributed by atoms with Gasteiger partial charge in [-0.3, -0.25) is 14.4 Å². The van der Waals surface area contributed by atoms with Gasteiger partial charge in [0, 0.05) is 16.3 Å². The number of rotatable bonds is 7. The van der Waals surface area contributed by atoms with Crippen molar-refractivity contribution in [1.29, 1.82) is 0 Å². The summed E-state index contributed by atoms with van der Waals surface area (Å²) in [5, 5.41) is 6.50. The van der Waals surface area contributed by atoms with E-state index in [9.17, 15) is 14.4 Å². The molecule has 0 unspecified atom stereocenters. The van der Waals surface area contributed by atoms with Crippen LogP contribution < -0.4 is 25.9 Å². The number of primary amides is 1. The fraction of sp³-hybridized carbons (Fsp3) is 0.111. The number of amides is 3. The molecule has 28 heavy (non-hydrogen) atoms. The molecule has 0 aliphatic rings. The molecule has 9 nitrogen and oxygen atoms in total. The number of hydrogen-bond donors (Lipinski definition) is 3. The molecule has 0 bridgehead atoms. The zero-order valence-electron chi connectivity index (χ0n) is 14.8. The van der Waals surface area contributed by atoms with E-state index in [1.165, 1.54) is 25.5 Å². The SMILES string of the molecule is COc1ccc(NC(=O)C(=O)N/N=C\c2cc(Cl)ccc2OCC(N)=O)cc1. The average molecular weight is 405 g/mol. The summed E-state index contributed by atoms with van der Waals surface area (Å²) < 4.78 is 10.2. The minimum absolute atomic E-state index is 0.281. The maximum Gasteiger partial charge on any atom is 0.329 e. The van der Waals surface area contributed by atoms with Gasteiger partial charge in [0.25, 0.3) is 5.91 Å². The Morgan fingerprint density at radius 3 is 2.50 bits per heavy atom. The van der Waals surface area contributed by atoms with Gasteiger partial charge in [0.2, 0.25) is 0 Å². The molecule has 0 fully saturated rings. The van der Waals surface area contributed by atoms with E-state index in [0.717, 1.165) is 0 Å². The van der Waals surface area contributed by atoms with Crippen molar-refractivity contribution in [2.45, 2.75) is 0 Å². The van der Waals surface area contributed by atoms with E-state index in [4.69, 9.17) is 26.8 Å². The van der Waals surface area contributed by atoms with Crippen LogP contribution >= 0.6 is 11.6 Å². The summed E-state index contributed by atoms with van der Waals surface area (Å²) in [7, 11) is 1.52. The van der Waals surface area contributed by atoms with Crippen molar-refractivity contribution in [3.05, 3.63) is 53.1 Å². The normalized spacial score (nSPS) is 10.4. The number of hydrazone groups is 1. The second-order valence-electron chi connectivity index (χ2n) is 5.32. The first-order chi connectivity index (χ1) is 13.4. The minimum atomic E-state index is -0.978. The van der Waals surface area contributed by atoms with Gasteiger partial charge in [-0.2, -0.15) is 5.10 Å². The van der Waals surface area contributed by atoms with Crippen LogP contribution in [0, 0.1) is 0 Å². The number of nitrogens with zero attached hydrogens (tertiary/aromatic N) is 1. The Kier molecular flexibility index (Phi) is 7.35. The number of methoxy groups -OCH3 is 1. The number of hydrogen-bond acceptors (Lipinski definition) is 6. The number of benzene rings is 2. The standard InChI is InChI=1S/C18H17ClN4O5/c1-27-14-5-3-13(4-6-14)22-17(25)18(26)23-21-9-11-8-12(19)2-7-15(11)28-10-16(20)24/h2-9H,10H2,1H3,(H2,20,24)(H,22,25)(H,23,26)/b21-9-. The van der Waals surface area contributed by atoms with Crippen molar-refractivity contribution in [1.82, 2.24) is 5.43 Å². The molecular weight excluding hydrogens is 388 g/mol. The molecule has 0 aliphatic heterocycles. The van der Waals surface area contributed by atoms with Crippen LogP contribution in [0.15, 0.2) is 47.6 Å². The largest absolute Gasteiger partial charge is 0.497 e. The van der Waals surface area contributed by atoms with Gasteiger partial charge >= 0.3 is 11.8 Å². The van der Waals surface area contributed by atoms with E-state index in [-0.39, 0.29) is 12.4 Å². The monoisotopic (exact) mass is 404 g/mol. The van der Waals surface area contributed by atoms with Crippen LogP contribution in [0.5, 0.6) is 11.5 Å². The highest BCUT2D eigenvalue weighted by Gasteiger charge is 2.13. The van der Waals surface area contributed by atoms with Crippen LogP contribution in [0.4, 0.5) is 5.69 Å². The van der Waals surface area contributed by atoms with Crippen molar-refractivity contribution in [3.8, 4) is 11.5 Å². The lowest BCUT2D eigenvalue weighted by Crippen LogP contribution is -2.32. The molecular formula is C18H17ClN4O5. The van der Waals surface area contributed by atoms with Crippen LogP contribution in [0.2, 0.25) is 5.02 Å². The predicted octanol–water partition coefficient (Wildman–Crippen LogP) is 1.30. The Bertz CT molecular complexity index is 899. The smallest absolute Gasteiger partial charge is 0.329 e. The first-order valence-electron chi connectivity index (χ1n) is 7.88.